The van der Waals surface area contributed by atoms with E-state index in [1.807, 2.05) is 0 Å². The van der Waals surface area contributed by atoms with Gasteiger partial charge in [0, 0.05) is 24.8 Å². The highest BCUT2D eigenvalue weighted by Gasteiger charge is 2.39. The van der Waals surface area contributed by atoms with Crippen LogP contribution in [0.4, 0.5) is 5.69 Å². The number of rotatable bonds is 5. The second-order valence-corrected chi connectivity index (χ2v) is 8.45. The van der Waals surface area contributed by atoms with Crippen LogP contribution in [-0.2, 0) is 19.6 Å². The number of carbonyl (C=O) groups excluding carboxylic acids is 2. The van der Waals surface area contributed by atoms with Crippen molar-refractivity contribution in [3.63, 3.8) is 0 Å². The van der Waals surface area contributed by atoms with Gasteiger partial charge in [-0.05, 0) is 24.3 Å². The minimum absolute atomic E-state index is 0.0795. The van der Waals surface area contributed by atoms with Gasteiger partial charge in [0.2, 0.25) is 28.6 Å². The molecule has 2 aliphatic heterocycles. The number of hydrogen-bond acceptors (Lipinski definition) is 6. The van der Waals surface area contributed by atoms with Gasteiger partial charge < -0.3 is 20.1 Å². The summed E-state index contributed by atoms with van der Waals surface area (Å²) in [7, 11) is -3.91. The van der Waals surface area contributed by atoms with Gasteiger partial charge in [-0.3, -0.25) is 9.59 Å². The van der Waals surface area contributed by atoms with Crippen molar-refractivity contribution in [2.45, 2.75) is 17.4 Å². The molecule has 2 aromatic rings. The summed E-state index contributed by atoms with van der Waals surface area (Å²) >= 11 is 0. The summed E-state index contributed by atoms with van der Waals surface area (Å²) in [4.78, 5) is 25.0. The third-order valence-electron chi connectivity index (χ3n) is 4.67. The second-order valence-electron chi connectivity index (χ2n) is 6.56. The Hall–Kier alpha value is -3.11. The molecule has 2 aliphatic rings. The highest BCUT2D eigenvalue weighted by atomic mass is 32.2. The van der Waals surface area contributed by atoms with Crippen LogP contribution in [0.5, 0.6) is 11.5 Å². The van der Waals surface area contributed by atoms with Gasteiger partial charge in [-0.15, -0.1) is 0 Å². The molecule has 9 nitrogen and oxygen atoms in total. The number of ether oxygens (including phenoxy) is 2. The van der Waals surface area contributed by atoms with Crippen molar-refractivity contribution in [3.8, 4) is 11.5 Å². The minimum atomic E-state index is -3.91. The van der Waals surface area contributed by atoms with Crippen molar-refractivity contribution in [2.75, 3.05) is 25.2 Å². The molecule has 29 heavy (non-hydrogen) atoms. The molecule has 2 aromatic carbocycles. The zero-order chi connectivity index (χ0) is 20.4. The fourth-order valence-corrected chi connectivity index (χ4v) is 4.87. The second kappa shape index (κ2) is 7.72. The normalized spacial score (nSPS) is 18.9. The predicted molar refractivity (Wildman–Crippen MR) is 103 cm³/mol. The molecule has 0 aliphatic carbocycles. The van der Waals surface area contributed by atoms with Gasteiger partial charge in [0.05, 0.1) is 11.3 Å². The molecule has 0 bridgehead atoms. The third kappa shape index (κ3) is 3.89. The van der Waals surface area contributed by atoms with E-state index in [9.17, 15) is 18.0 Å². The van der Waals surface area contributed by atoms with Crippen LogP contribution in [0.15, 0.2) is 53.4 Å². The van der Waals surface area contributed by atoms with E-state index in [4.69, 9.17) is 9.47 Å². The molecule has 2 amide bonds. The van der Waals surface area contributed by atoms with Crippen molar-refractivity contribution in [3.05, 3.63) is 48.5 Å². The van der Waals surface area contributed by atoms with Gasteiger partial charge in [-0.2, -0.15) is 4.31 Å². The lowest BCUT2D eigenvalue weighted by Gasteiger charge is -2.33. The van der Waals surface area contributed by atoms with Gasteiger partial charge >= 0.3 is 0 Å². The predicted octanol–water partition coefficient (Wildman–Crippen LogP) is 0.933. The maximum Gasteiger partial charge on any atom is 0.243 e. The first-order valence-corrected chi connectivity index (χ1v) is 10.4. The number of piperazine rings is 1. The maximum atomic E-state index is 13.0. The molecule has 0 aromatic heterocycles. The number of fused-ring (bicyclic) bond motifs is 1. The topological polar surface area (TPSA) is 114 Å². The van der Waals surface area contributed by atoms with Crippen molar-refractivity contribution in [1.29, 1.82) is 0 Å². The fraction of sp³-hybridized carbons (Fsp3) is 0.263. The average molecular weight is 417 g/mol. The van der Waals surface area contributed by atoms with Crippen molar-refractivity contribution in [1.82, 2.24) is 9.62 Å². The Morgan fingerprint density at radius 3 is 2.69 bits per heavy atom. The van der Waals surface area contributed by atoms with E-state index in [0.717, 1.165) is 4.31 Å². The molecule has 1 atom stereocenters. The highest BCUT2D eigenvalue weighted by Crippen LogP contribution is 2.34. The number of hydrogen-bond donors (Lipinski definition) is 2. The van der Waals surface area contributed by atoms with Gasteiger partial charge in [0.15, 0.2) is 11.5 Å². The Morgan fingerprint density at radius 1 is 1.14 bits per heavy atom. The van der Waals surface area contributed by atoms with Crippen LogP contribution in [0.25, 0.3) is 0 Å². The number of carbonyl (C=O) groups is 2. The molecule has 1 fully saturated rings. The summed E-state index contributed by atoms with van der Waals surface area (Å²) in [6.45, 7) is 0.386. The van der Waals surface area contributed by atoms with Crippen LogP contribution in [0.1, 0.15) is 6.42 Å². The fourth-order valence-electron chi connectivity index (χ4n) is 3.27. The molecular formula is C19H19N3O6S. The highest BCUT2D eigenvalue weighted by molar-refractivity contribution is 7.89. The Morgan fingerprint density at radius 2 is 1.90 bits per heavy atom. The summed E-state index contributed by atoms with van der Waals surface area (Å²) < 4.78 is 37.6. The van der Waals surface area contributed by atoms with E-state index in [-0.39, 0.29) is 31.2 Å². The number of nitrogens with zero attached hydrogens (tertiary/aromatic N) is 1. The van der Waals surface area contributed by atoms with E-state index in [0.29, 0.717) is 17.2 Å². The van der Waals surface area contributed by atoms with Crippen molar-refractivity contribution >= 4 is 27.5 Å². The summed E-state index contributed by atoms with van der Waals surface area (Å²) in [5.74, 6) is 0.0945. The van der Waals surface area contributed by atoms with Crippen LogP contribution >= 0.6 is 0 Å². The van der Waals surface area contributed by atoms with Crippen molar-refractivity contribution in [2.24, 2.45) is 0 Å². The first-order chi connectivity index (χ1) is 13.9. The van der Waals surface area contributed by atoms with E-state index >= 15 is 0 Å². The Bertz CT molecular complexity index is 1040. The quantitative estimate of drug-likeness (QED) is 0.748. The molecule has 152 valence electrons. The smallest absolute Gasteiger partial charge is 0.243 e. The Labute approximate surface area is 167 Å². The van der Waals surface area contributed by atoms with Crippen LogP contribution in [-0.4, -0.2) is 50.5 Å². The van der Waals surface area contributed by atoms with Gasteiger partial charge in [0.1, 0.15) is 6.04 Å². The molecular weight excluding hydrogens is 398 g/mol. The Balaban J connectivity index is 1.52. The molecule has 2 heterocycles. The molecule has 4 rings (SSSR count). The van der Waals surface area contributed by atoms with Gasteiger partial charge in [-0.1, -0.05) is 18.2 Å². The average Bonchev–Trinajstić information content (AvgIpc) is 3.18. The van der Waals surface area contributed by atoms with E-state index in [1.165, 1.54) is 12.1 Å². The first kappa shape index (κ1) is 19.2. The van der Waals surface area contributed by atoms with Crippen LogP contribution in [0, 0.1) is 0 Å². The summed E-state index contributed by atoms with van der Waals surface area (Å²) in [5, 5.41) is 5.30. The summed E-state index contributed by atoms with van der Waals surface area (Å²) in [5.41, 5.74) is 0.466. The standard InChI is InChI=1S/C19H19N3O6S/c23-18(21-13-6-7-16-17(10-13)28-12-27-16)11-15-19(24)20-8-9-22(15)29(25,26)14-4-2-1-3-5-14/h1-7,10,15H,8-9,11-12H2,(H,20,24)(H,21,23)/t15-/m0/s1. The number of benzene rings is 2. The SMILES string of the molecule is O=C(C[C@H]1C(=O)NCCN1S(=O)(=O)c1ccccc1)Nc1ccc2c(c1)OCO2. The molecule has 1 saturated heterocycles. The van der Waals surface area contributed by atoms with Gasteiger partial charge in [-0.25, -0.2) is 8.42 Å². The lowest BCUT2D eigenvalue weighted by molar-refractivity contribution is -0.130. The van der Waals surface area contributed by atoms with Gasteiger partial charge in [0.25, 0.3) is 0 Å². The molecule has 10 heteroatoms. The zero-order valence-electron chi connectivity index (χ0n) is 15.3. The van der Waals surface area contributed by atoms with E-state index in [1.54, 1.807) is 36.4 Å². The van der Waals surface area contributed by atoms with E-state index < -0.39 is 27.9 Å². The van der Waals surface area contributed by atoms with Crippen LogP contribution in [0.2, 0.25) is 0 Å². The zero-order valence-corrected chi connectivity index (χ0v) is 16.1. The maximum absolute atomic E-state index is 13.0. The Kier molecular flexibility index (Phi) is 5.12. The molecule has 0 saturated carbocycles. The van der Waals surface area contributed by atoms with Crippen molar-refractivity contribution < 1.29 is 27.5 Å². The number of anilines is 1. The molecule has 2 N–H and O–H groups in total. The monoisotopic (exact) mass is 417 g/mol. The summed E-state index contributed by atoms with van der Waals surface area (Å²) in [6.07, 6.45) is -0.313. The largest absolute Gasteiger partial charge is 0.454 e. The van der Waals surface area contributed by atoms with Crippen LogP contribution < -0.4 is 20.1 Å². The lowest BCUT2D eigenvalue weighted by atomic mass is 10.1. The minimum Gasteiger partial charge on any atom is -0.454 e. The third-order valence-corrected chi connectivity index (χ3v) is 6.59. The molecule has 0 spiro atoms. The summed E-state index contributed by atoms with van der Waals surface area (Å²) in [6, 6.07) is 11.6. The number of nitrogens with one attached hydrogen (secondary N) is 2. The first-order valence-electron chi connectivity index (χ1n) is 8.99. The number of sulfonamides is 1. The molecule has 0 radical (unpaired) electrons. The van der Waals surface area contributed by atoms with Crippen LogP contribution in [0.3, 0.4) is 0 Å². The number of amides is 2. The lowest BCUT2D eigenvalue weighted by Crippen LogP contribution is -2.57. The van der Waals surface area contributed by atoms with E-state index in [2.05, 4.69) is 10.6 Å². The molecule has 0 unspecified atom stereocenters.